The molecule has 0 radical (unpaired) electrons. The minimum absolute atomic E-state index is 0.576. The van der Waals surface area contributed by atoms with Gasteiger partial charge in [0, 0.05) is 26.3 Å². The molecule has 0 N–H and O–H groups in total. The van der Waals surface area contributed by atoms with Crippen molar-refractivity contribution in [1.29, 1.82) is 0 Å². The lowest BCUT2D eigenvalue weighted by Crippen LogP contribution is -2.09. The quantitative estimate of drug-likeness (QED) is 0.664. The molecule has 5 heteroatoms. The fourth-order valence-electron chi connectivity index (χ4n) is 2.34. The van der Waals surface area contributed by atoms with E-state index in [9.17, 15) is 0 Å². The highest BCUT2D eigenvalue weighted by molar-refractivity contribution is 9.10. The maximum Gasteiger partial charge on any atom is 0.162 e. The first-order chi connectivity index (χ1) is 9.15. The van der Waals surface area contributed by atoms with Crippen LogP contribution in [0, 0.1) is 0 Å². The molecule has 2 nitrogen and oxygen atoms in total. The summed E-state index contributed by atoms with van der Waals surface area (Å²) >= 11 is 15.8. The minimum atomic E-state index is 0.576. The molecule has 1 aliphatic carbocycles. The average Bonchev–Trinajstić information content (AvgIpc) is 2.41. The average molecular weight is 358 g/mol. The lowest BCUT2D eigenvalue weighted by atomic mass is 9.97. The van der Waals surface area contributed by atoms with Crippen LogP contribution in [0.3, 0.4) is 0 Å². The Kier molecular flexibility index (Phi) is 3.79. The van der Waals surface area contributed by atoms with E-state index in [-0.39, 0.29) is 0 Å². The molecule has 1 heterocycles. The van der Waals surface area contributed by atoms with Crippen molar-refractivity contribution >= 4 is 39.1 Å². The van der Waals surface area contributed by atoms with Crippen LogP contribution in [0.4, 0.5) is 0 Å². The first kappa shape index (κ1) is 13.3. The number of nitrogens with zero attached hydrogens (tertiary/aromatic N) is 2. The number of rotatable bonds is 1. The van der Waals surface area contributed by atoms with Crippen LogP contribution >= 0.6 is 39.1 Å². The molecule has 1 aliphatic rings. The summed E-state index contributed by atoms with van der Waals surface area (Å²) in [5.41, 5.74) is 3.06. The Morgan fingerprint density at radius 3 is 2.68 bits per heavy atom. The van der Waals surface area contributed by atoms with Crippen molar-refractivity contribution in [3.8, 4) is 11.4 Å². The largest absolute Gasteiger partial charge is 0.233 e. The third-order valence-corrected chi connectivity index (χ3v) is 4.54. The van der Waals surface area contributed by atoms with Crippen molar-refractivity contribution in [3.05, 3.63) is 44.1 Å². The van der Waals surface area contributed by atoms with Gasteiger partial charge in [0.2, 0.25) is 0 Å². The van der Waals surface area contributed by atoms with Crippen LogP contribution in [0.5, 0.6) is 0 Å². The topological polar surface area (TPSA) is 25.8 Å². The zero-order valence-corrected chi connectivity index (χ0v) is 13.2. The predicted octanol–water partition coefficient (Wildman–Crippen LogP) is 5.09. The van der Waals surface area contributed by atoms with Crippen LogP contribution in [0.2, 0.25) is 10.2 Å². The molecular weight excluding hydrogens is 347 g/mol. The molecule has 0 spiro atoms. The molecule has 0 unspecified atom stereocenters. The van der Waals surface area contributed by atoms with Crippen molar-refractivity contribution < 1.29 is 0 Å². The molecule has 1 aromatic carbocycles. The maximum absolute atomic E-state index is 6.29. The van der Waals surface area contributed by atoms with Gasteiger partial charge in [0.25, 0.3) is 0 Å². The molecule has 19 heavy (non-hydrogen) atoms. The number of aromatic nitrogens is 2. The van der Waals surface area contributed by atoms with Gasteiger partial charge in [-0.1, -0.05) is 39.1 Å². The van der Waals surface area contributed by atoms with E-state index < -0.39 is 0 Å². The number of fused-ring (bicyclic) bond motifs is 1. The Balaban J connectivity index is 2.15. The predicted molar refractivity (Wildman–Crippen MR) is 81.8 cm³/mol. The highest BCUT2D eigenvalue weighted by Crippen LogP contribution is 2.32. The van der Waals surface area contributed by atoms with Crippen molar-refractivity contribution in [3.63, 3.8) is 0 Å². The summed E-state index contributed by atoms with van der Waals surface area (Å²) in [6, 6.07) is 5.58. The summed E-state index contributed by atoms with van der Waals surface area (Å²) in [5.74, 6) is 0.639. The highest BCUT2D eigenvalue weighted by Gasteiger charge is 2.18. The van der Waals surface area contributed by atoms with Crippen molar-refractivity contribution in [2.75, 3.05) is 0 Å². The van der Waals surface area contributed by atoms with Gasteiger partial charge >= 0.3 is 0 Å². The number of benzene rings is 1. The smallest absolute Gasteiger partial charge is 0.162 e. The summed E-state index contributed by atoms with van der Waals surface area (Å²) in [6.45, 7) is 0. The monoisotopic (exact) mass is 356 g/mol. The Labute approximate surface area is 130 Å². The second kappa shape index (κ2) is 5.39. The van der Waals surface area contributed by atoms with Crippen LogP contribution in [0.15, 0.2) is 22.7 Å². The molecule has 0 fully saturated rings. The van der Waals surface area contributed by atoms with E-state index in [1.54, 1.807) is 0 Å². The molecule has 98 valence electrons. The molecule has 0 atom stereocenters. The first-order valence-electron chi connectivity index (χ1n) is 6.16. The van der Waals surface area contributed by atoms with E-state index in [0.717, 1.165) is 47.0 Å². The lowest BCUT2D eigenvalue weighted by Gasteiger charge is -2.17. The summed E-state index contributed by atoms with van der Waals surface area (Å²) < 4.78 is 0.920. The van der Waals surface area contributed by atoms with Crippen LogP contribution in [0.1, 0.15) is 24.1 Å². The molecule has 2 aromatic rings. The number of hydrogen-bond acceptors (Lipinski definition) is 2. The van der Waals surface area contributed by atoms with Gasteiger partial charge in [0.05, 0.1) is 0 Å². The summed E-state index contributed by atoms with van der Waals surface area (Å²) in [6.07, 6.45) is 4.28. The van der Waals surface area contributed by atoms with Gasteiger partial charge < -0.3 is 0 Å². The number of hydrogen-bond donors (Lipinski definition) is 0. The number of aryl methyl sites for hydroxylation is 1. The Morgan fingerprint density at radius 2 is 1.84 bits per heavy atom. The van der Waals surface area contributed by atoms with E-state index in [1.165, 1.54) is 0 Å². The summed E-state index contributed by atoms with van der Waals surface area (Å²) in [5, 5.41) is 1.24. The van der Waals surface area contributed by atoms with E-state index in [2.05, 4.69) is 25.9 Å². The second-order valence-electron chi connectivity index (χ2n) is 4.59. The summed E-state index contributed by atoms with van der Waals surface area (Å²) in [7, 11) is 0. The van der Waals surface area contributed by atoms with Gasteiger partial charge in [-0.25, -0.2) is 9.97 Å². The van der Waals surface area contributed by atoms with Gasteiger partial charge in [-0.15, -0.1) is 0 Å². The van der Waals surface area contributed by atoms with Crippen LogP contribution in [-0.4, -0.2) is 9.97 Å². The minimum Gasteiger partial charge on any atom is -0.233 e. The van der Waals surface area contributed by atoms with Gasteiger partial charge in [-0.3, -0.25) is 0 Å². The van der Waals surface area contributed by atoms with Gasteiger partial charge in [0.15, 0.2) is 5.82 Å². The second-order valence-corrected chi connectivity index (χ2v) is 6.24. The molecule has 3 rings (SSSR count). The van der Waals surface area contributed by atoms with Gasteiger partial charge in [-0.05, 0) is 43.9 Å². The fraction of sp³-hybridized carbons (Fsp3) is 0.286. The summed E-state index contributed by atoms with van der Waals surface area (Å²) in [4.78, 5) is 9.09. The molecule has 0 bridgehead atoms. The molecule has 0 aliphatic heterocycles. The SMILES string of the molecule is Clc1ccc(Br)c(-c2nc(Cl)c3c(n2)CCCC3)c1. The zero-order chi connectivity index (χ0) is 13.4. The molecule has 0 saturated heterocycles. The van der Waals surface area contributed by atoms with Crippen molar-refractivity contribution in [2.24, 2.45) is 0 Å². The van der Waals surface area contributed by atoms with E-state index in [4.69, 9.17) is 23.2 Å². The van der Waals surface area contributed by atoms with Crippen molar-refractivity contribution in [2.45, 2.75) is 25.7 Å². The highest BCUT2D eigenvalue weighted by atomic mass is 79.9. The molecule has 1 aromatic heterocycles. The van der Waals surface area contributed by atoms with Crippen molar-refractivity contribution in [1.82, 2.24) is 9.97 Å². The van der Waals surface area contributed by atoms with E-state index >= 15 is 0 Å². The Bertz CT molecular complexity index is 644. The standard InChI is InChI=1S/C14H11BrCl2N2/c15-11-6-5-8(16)7-10(11)14-18-12-4-2-1-3-9(12)13(17)19-14/h5-7H,1-4H2. The van der Waals surface area contributed by atoms with E-state index in [1.807, 2.05) is 18.2 Å². The van der Waals surface area contributed by atoms with Crippen LogP contribution < -0.4 is 0 Å². The molecular formula is C14H11BrCl2N2. The molecule has 0 amide bonds. The van der Waals surface area contributed by atoms with E-state index in [0.29, 0.717) is 16.0 Å². The Hall–Kier alpha value is -0.640. The van der Waals surface area contributed by atoms with Crippen LogP contribution in [0.25, 0.3) is 11.4 Å². The van der Waals surface area contributed by atoms with Gasteiger partial charge in [0.1, 0.15) is 5.15 Å². The third kappa shape index (κ3) is 2.64. The lowest BCUT2D eigenvalue weighted by molar-refractivity contribution is 0.663. The number of halogens is 3. The molecule has 0 saturated carbocycles. The van der Waals surface area contributed by atoms with Gasteiger partial charge in [-0.2, -0.15) is 0 Å². The van der Waals surface area contributed by atoms with Crippen LogP contribution in [-0.2, 0) is 12.8 Å². The Morgan fingerprint density at radius 1 is 1.05 bits per heavy atom. The third-order valence-electron chi connectivity index (χ3n) is 3.30. The first-order valence-corrected chi connectivity index (χ1v) is 7.71. The zero-order valence-electron chi connectivity index (χ0n) is 10.1. The fourth-order valence-corrected chi connectivity index (χ4v) is 3.22. The normalized spacial score (nSPS) is 14.3. The maximum atomic E-state index is 6.29.